The molecule has 32 heavy (non-hydrogen) atoms. The molecule has 0 bridgehead atoms. The molecule has 1 amide bonds. The van der Waals surface area contributed by atoms with Crippen LogP contribution in [-0.2, 0) is 4.74 Å². The number of morpholine rings is 1. The van der Waals surface area contributed by atoms with E-state index in [0.29, 0.717) is 43.6 Å². The van der Waals surface area contributed by atoms with Gasteiger partial charge in [0.25, 0.3) is 11.6 Å². The van der Waals surface area contributed by atoms with Gasteiger partial charge in [0.05, 0.1) is 23.8 Å². The summed E-state index contributed by atoms with van der Waals surface area (Å²) in [6.07, 6.45) is 0.935. The summed E-state index contributed by atoms with van der Waals surface area (Å²) in [5, 5.41) is 27.0. The van der Waals surface area contributed by atoms with Crippen molar-refractivity contribution in [2.24, 2.45) is 0 Å². The molecule has 1 aliphatic heterocycles. The number of hydrogen-bond acceptors (Lipinski definition) is 7. The zero-order valence-electron chi connectivity index (χ0n) is 18.0. The molecule has 0 aliphatic carbocycles. The number of phenols is 1. The highest BCUT2D eigenvalue weighted by Gasteiger charge is 2.23. The summed E-state index contributed by atoms with van der Waals surface area (Å²) in [4.78, 5) is 25.6. The quantitative estimate of drug-likeness (QED) is 0.259. The van der Waals surface area contributed by atoms with Gasteiger partial charge in [-0.15, -0.1) is 0 Å². The number of nitrogens with one attached hydrogen (secondary N) is 2. The Bertz CT molecular complexity index is 1020. The SMILES string of the molecule is CC[C@@H](C)c1ccc(O)c(NC(=S)NC(=O)c2ccc(N3CCOCC3)c([N+](=O)[O-])c2)c1. The van der Waals surface area contributed by atoms with Crippen molar-refractivity contribution >= 4 is 40.3 Å². The van der Waals surface area contributed by atoms with E-state index in [-0.39, 0.29) is 22.1 Å². The van der Waals surface area contributed by atoms with Crippen LogP contribution in [0.5, 0.6) is 5.75 Å². The molecule has 2 aromatic rings. The number of thiocarbonyl (C=S) groups is 1. The Balaban J connectivity index is 1.73. The number of nitro benzene ring substituents is 1. The van der Waals surface area contributed by atoms with Crippen LogP contribution in [0.3, 0.4) is 0 Å². The predicted molar refractivity (Wildman–Crippen MR) is 127 cm³/mol. The van der Waals surface area contributed by atoms with Gasteiger partial charge in [-0.25, -0.2) is 0 Å². The molecule has 1 heterocycles. The second-order valence-corrected chi connectivity index (χ2v) is 7.96. The molecule has 3 N–H and O–H groups in total. The summed E-state index contributed by atoms with van der Waals surface area (Å²) < 4.78 is 5.30. The van der Waals surface area contributed by atoms with Crippen LogP contribution in [0.4, 0.5) is 17.1 Å². The Morgan fingerprint density at radius 3 is 2.66 bits per heavy atom. The molecule has 1 atom stereocenters. The number of phenolic OH excluding ortho intramolecular Hbond substituents is 1. The summed E-state index contributed by atoms with van der Waals surface area (Å²) in [5.41, 5.74) is 1.80. The minimum atomic E-state index is -0.586. The van der Waals surface area contributed by atoms with Crippen LogP contribution in [-0.4, -0.2) is 47.4 Å². The van der Waals surface area contributed by atoms with Gasteiger partial charge in [0.2, 0.25) is 0 Å². The Morgan fingerprint density at radius 1 is 1.28 bits per heavy atom. The number of anilines is 2. The molecular formula is C22H26N4O5S. The van der Waals surface area contributed by atoms with Gasteiger partial charge in [0.1, 0.15) is 11.4 Å². The predicted octanol–water partition coefficient (Wildman–Crippen LogP) is 3.78. The van der Waals surface area contributed by atoms with E-state index in [1.807, 2.05) is 11.0 Å². The first kappa shape index (κ1) is 23.4. The molecule has 0 radical (unpaired) electrons. The highest BCUT2D eigenvalue weighted by Crippen LogP contribution is 2.31. The Morgan fingerprint density at radius 2 is 2.00 bits per heavy atom. The van der Waals surface area contributed by atoms with Crippen molar-refractivity contribution < 1.29 is 19.6 Å². The van der Waals surface area contributed by atoms with Crippen LogP contribution in [0.1, 0.15) is 42.1 Å². The summed E-state index contributed by atoms with van der Waals surface area (Å²) in [5.74, 6) is -0.291. The molecular weight excluding hydrogens is 432 g/mol. The number of hydrogen-bond donors (Lipinski definition) is 3. The lowest BCUT2D eigenvalue weighted by molar-refractivity contribution is -0.384. The maximum absolute atomic E-state index is 12.7. The van der Waals surface area contributed by atoms with E-state index in [0.717, 1.165) is 12.0 Å². The third kappa shape index (κ3) is 5.51. The molecule has 1 aliphatic rings. The molecule has 1 saturated heterocycles. The molecule has 1 fully saturated rings. The van der Waals surface area contributed by atoms with Crippen LogP contribution in [0.2, 0.25) is 0 Å². The number of ether oxygens (including phenoxy) is 1. The first-order valence-corrected chi connectivity index (χ1v) is 10.8. The lowest BCUT2D eigenvalue weighted by Crippen LogP contribution is -2.37. The van der Waals surface area contributed by atoms with E-state index in [1.54, 1.807) is 18.2 Å². The Hall–Kier alpha value is -3.24. The number of carbonyl (C=O) groups is 1. The number of rotatable bonds is 6. The second-order valence-electron chi connectivity index (χ2n) is 7.55. The van der Waals surface area contributed by atoms with Crippen molar-refractivity contribution in [1.82, 2.24) is 5.32 Å². The van der Waals surface area contributed by atoms with Crippen LogP contribution >= 0.6 is 12.2 Å². The zero-order chi connectivity index (χ0) is 23.3. The Labute approximate surface area is 191 Å². The highest BCUT2D eigenvalue weighted by atomic mass is 32.1. The number of carbonyl (C=O) groups excluding carboxylic acids is 1. The fourth-order valence-corrected chi connectivity index (χ4v) is 3.61. The number of benzene rings is 2. The lowest BCUT2D eigenvalue weighted by atomic mass is 9.98. The standard InChI is InChI=1S/C22H26N4O5S/c1-3-14(2)15-5-7-20(27)17(12-15)23-22(32)24-21(28)16-4-6-18(19(13-16)26(29)30)25-8-10-31-11-9-25/h4-7,12-14,27H,3,8-11H2,1-2H3,(H2,23,24,28,32)/t14-/m1/s1. The number of aromatic hydroxyl groups is 1. The average molecular weight is 459 g/mol. The van der Waals surface area contributed by atoms with Gasteiger partial charge in [-0.05, 0) is 54.4 Å². The van der Waals surface area contributed by atoms with Crippen molar-refractivity contribution in [3.8, 4) is 5.75 Å². The number of nitrogens with zero attached hydrogens (tertiary/aromatic N) is 2. The normalized spacial score (nSPS) is 14.5. The average Bonchev–Trinajstić information content (AvgIpc) is 2.80. The zero-order valence-corrected chi connectivity index (χ0v) is 18.8. The Kier molecular flexibility index (Phi) is 7.60. The van der Waals surface area contributed by atoms with Gasteiger partial charge in [0, 0.05) is 24.7 Å². The van der Waals surface area contributed by atoms with Crippen molar-refractivity contribution in [3.05, 3.63) is 57.6 Å². The van der Waals surface area contributed by atoms with Gasteiger partial charge in [-0.1, -0.05) is 19.9 Å². The first-order valence-electron chi connectivity index (χ1n) is 10.4. The largest absolute Gasteiger partial charge is 0.506 e. The van der Waals surface area contributed by atoms with E-state index < -0.39 is 10.8 Å². The van der Waals surface area contributed by atoms with Crippen LogP contribution in [0.25, 0.3) is 0 Å². The monoisotopic (exact) mass is 458 g/mol. The topological polar surface area (TPSA) is 117 Å². The molecule has 0 spiro atoms. The number of nitro groups is 1. The molecule has 9 nitrogen and oxygen atoms in total. The van der Waals surface area contributed by atoms with E-state index in [1.165, 1.54) is 12.1 Å². The molecule has 10 heteroatoms. The second kappa shape index (κ2) is 10.4. The third-order valence-corrected chi connectivity index (χ3v) is 5.67. The van der Waals surface area contributed by atoms with Crippen LogP contribution in [0, 0.1) is 10.1 Å². The lowest BCUT2D eigenvalue weighted by Gasteiger charge is -2.28. The van der Waals surface area contributed by atoms with Gasteiger partial charge < -0.3 is 20.1 Å². The molecule has 3 rings (SSSR count). The molecule has 0 saturated carbocycles. The first-order chi connectivity index (χ1) is 15.3. The number of amides is 1. The minimum absolute atomic E-state index is 0.000783. The summed E-state index contributed by atoms with van der Waals surface area (Å²) >= 11 is 5.21. The summed E-state index contributed by atoms with van der Waals surface area (Å²) in [6, 6.07) is 9.52. The summed E-state index contributed by atoms with van der Waals surface area (Å²) in [7, 11) is 0. The van der Waals surface area contributed by atoms with E-state index in [2.05, 4.69) is 24.5 Å². The van der Waals surface area contributed by atoms with E-state index in [4.69, 9.17) is 17.0 Å². The van der Waals surface area contributed by atoms with Gasteiger partial charge in [-0.2, -0.15) is 0 Å². The van der Waals surface area contributed by atoms with Gasteiger partial charge >= 0.3 is 0 Å². The van der Waals surface area contributed by atoms with Crippen molar-refractivity contribution in [2.45, 2.75) is 26.2 Å². The maximum Gasteiger partial charge on any atom is 0.293 e. The molecule has 2 aromatic carbocycles. The van der Waals surface area contributed by atoms with Crippen molar-refractivity contribution in [3.63, 3.8) is 0 Å². The fourth-order valence-electron chi connectivity index (χ4n) is 3.41. The van der Waals surface area contributed by atoms with Crippen LogP contribution < -0.4 is 15.5 Å². The van der Waals surface area contributed by atoms with Gasteiger partial charge in [-0.3, -0.25) is 20.2 Å². The molecule has 170 valence electrons. The summed E-state index contributed by atoms with van der Waals surface area (Å²) in [6.45, 7) is 6.21. The molecule has 0 aromatic heterocycles. The smallest absolute Gasteiger partial charge is 0.293 e. The van der Waals surface area contributed by atoms with Crippen LogP contribution in [0.15, 0.2) is 36.4 Å². The highest BCUT2D eigenvalue weighted by molar-refractivity contribution is 7.80. The molecule has 0 unspecified atom stereocenters. The third-order valence-electron chi connectivity index (χ3n) is 5.46. The maximum atomic E-state index is 12.7. The van der Waals surface area contributed by atoms with Crippen molar-refractivity contribution in [1.29, 1.82) is 0 Å². The van der Waals surface area contributed by atoms with Gasteiger partial charge in [0.15, 0.2) is 5.11 Å². The van der Waals surface area contributed by atoms with E-state index in [9.17, 15) is 20.0 Å². The van der Waals surface area contributed by atoms with E-state index >= 15 is 0 Å². The minimum Gasteiger partial charge on any atom is -0.506 e. The fraction of sp³-hybridized carbons (Fsp3) is 0.364. The van der Waals surface area contributed by atoms with Crippen molar-refractivity contribution in [2.75, 3.05) is 36.5 Å².